The molecule has 0 saturated carbocycles. The van der Waals surface area contributed by atoms with E-state index in [1.54, 1.807) is 11.3 Å². The molecule has 5 heteroatoms. The summed E-state index contributed by atoms with van der Waals surface area (Å²) in [5.41, 5.74) is 7.98. The summed E-state index contributed by atoms with van der Waals surface area (Å²) in [5.74, 6) is 0. The lowest BCUT2D eigenvalue weighted by atomic mass is 10.2. The Kier molecular flexibility index (Phi) is 3.36. The fourth-order valence-electron chi connectivity index (χ4n) is 1.43. The molecule has 0 fully saturated rings. The van der Waals surface area contributed by atoms with Crippen molar-refractivity contribution in [3.05, 3.63) is 22.8 Å². The number of aryl methyl sites for hydroxylation is 1. The Hall–Kier alpha value is -1.20. The lowest BCUT2D eigenvalue weighted by Crippen LogP contribution is -2.07. The van der Waals surface area contributed by atoms with Gasteiger partial charge >= 0.3 is 0 Å². The molecule has 1 atom stereocenters. The van der Waals surface area contributed by atoms with Crippen molar-refractivity contribution in [2.75, 3.05) is 0 Å². The van der Waals surface area contributed by atoms with Crippen molar-refractivity contribution in [3.63, 3.8) is 0 Å². The third-order valence-corrected chi connectivity index (χ3v) is 3.51. The molecule has 0 amide bonds. The van der Waals surface area contributed by atoms with Crippen LogP contribution in [0.5, 0.6) is 0 Å². The van der Waals surface area contributed by atoms with Crippen molar-refractivity contribution in [3.8, 4) is 11.3 Å². The number of hydrogen-bond acceptors (Lipinski definition) is 4. The highest BCUT2D eigenvalue weighted by Crippen LogP contribution is 2.25. The Morgan fingerprint density at radius 2 is 2.31 bits per heavy atom. The second-order valence-electron chi connectivity index (χ2n) is 3.67. The van der Waals surface area contributed by atoms with E-state index in [1.807, 2.05) is 22.5 Å². The Morgan fingerprint density at radius 1 is 1.50 bits per heavy atom. The molecule has 86 valence electrons. The van der Waals surface area contributed by atoms with Gasteiger partial charge in [0.1, 0.15) is 5.01 Å². The molecule has 0 radical (unpaired) electrons. The average Bonchev–Trinajstić information content (AvgIpc) is 2.95. The fourth-order valence-corrected chi connectivity index (χ4v) is 2.35. The Labute approximate surface area is 99.1 Å². The molecule has 16 heavy (non-hydrogen) atoms. The summed E-state index contributed by atoms with van der Waals surface area (Å²) in [7, 11) is 0. The van der Waals surface area contributed by atoms with Crippen LogP contribution in [-0.4, -0.2) is 14.8 Å². The van der Waals surface area contributed by atoms with Crippen LogP contribution in [-0.2, 0) is 6.54 Å². The average molecular weight is 236 g/mol. The van der Waals surface area contributed by atoms with Crippen LogP contribution in [0.4, 0.5) is 0 Å². The van der Waals surface area contributed by atoms with Crippen molar-refractivity contribution in [1.82, 2.24) is 14.8 Å². The zero-order valence-electron chi connectivity index (χ0n) is 9.55. The third kappa shape index (κ3) is 2.15. The van der Waals surface area contributed by atoms with Crippen molar-refractivity contribution < 1.29 is 0 Å². The summed E-state index contributed by atoms with van der Waals surface area (Å²) in [6, 6.07) is 0.0555. The molecule has 0 spiro atoms. The minimum Gasteiger partial charge on any atom is -0.322 e. The van der Waals surface area contributed by atoms with E-state index in [2.05, 4.69) is 23.9 Å². The first kappa shape index (κ1) is 11.3. The van der Waals surface area contributed by atoms with Gasteiger partial charge in [0.2, 0.25) is 0 Å². The molecular weight excluding hydrogens is 220 g/mol. The van der Waals surface area contributed by atoms with Crippen molar-refractivity contribution in [2.45, 2.75) is 32.9 Å². The summed E-state index contributed by atoms with van der Waals surface area (Å²) in [6.45, 7) is 5.02. The predicted molar refractivity (Wildman–Crippen MR) is 66.2 cm³/mol. The summed E-state index contributed by atoms with van der Waals surface area (Å²) >= 11 is 1.62. The van der Waals surface area contributed by atoms with Gasteiger partial charge in [0.15, 0.2) is 0 Å². The second-order valence-corrected chi connectivity index (χ2v) is 4.56. The molecule has 2 aromatic rings. The maximum Gasteiger partial charge on any atom is 0.110 e. The van der Waals surface area contributed by atoms with E-state index < -0.39 is 0 Å². The van der Waals surface area contributed by atoms with Gasteiger partial charge in [0.05, 0.1) is 17.9 Å². The van der Waals surface area contributed by atoms with Crippen LogP contribution in [0.2, 0.25) is 0 Å². The maximum absolute atomic E-state index is 5.94. The molecule has 0 aromatic carbocycles. The lowest BCUT2D eigenvalue weighted by Gasteiger charge is -2.01. The van der Waals surface area contributed by atoms with E-state index in [-0.39, 0.29) is 6.04 Å². The lowest BCUT2D eigenvalue weighted by molar-refractivity contribution is 0.660. The van der Waals surface area contributed by atoms with Gasteiger partial charge in [0, 0.05) is 23.7 Å². The van der Waals surface area contributed by atoms with E-state index >= 15 is 0 Å². The van der Waals surface area contributed by atoms with Gasteiger partial charge in [-0.1, -0.05) is 6.92 Å². The first-order chi connectivity index (χ1) is 7.74. The number of nitrogens with zero attached hydrogens (tertiary/aromatic N) is 3. The number of thiazole rings is 1. The highest BCUT2D eigenvalue weighted by atomic mass is 32.1. The van der Waals surface area contributed by atoms with Gasteiger partial charge in [-0.25, -0.2) is 4.98 Å². The molecule has 2 heterocycles. The number of nitrogens with two attached hydrogens (primary N) is 1. The molecule has 1 unspecified atom stereocenters. The zero-order valence-corrected chi connectivity index (χ0v) is 10.4. The first-order valence-corrected chi connectivity index (χ1v) is 6.36. The van der Waals surface area contributed by atoms with E-state index in [0.717, 1.165) is 29.2 Å². The molecule has 2 rings (SSSR count). The second kappa shape index (κ2) is 4.76. The number of rotatable bonds is 4. The minimum atomic E-state index is 0.0555. The van der Waals surface area contributed by atoms with E-state index in [1.165, 1.54) is 0 Å². The van der Waals surface area contributed by atoms with Crippen LogP contribution in [0, 0.1) is 0 Å². The summed E-state index contributed by atoms with van der Waals surface area (Å²) in [5, 5.41) is 7.28. The van der Waals surface area contributed by atoms with Crippen LogP contribution in [0.25, 0.3) is 11.3 Å². The van der Waals surface area contributed by atoms with Crippen LogP contribution < -0.4 is 5.73 Å². The van der Waals surface area contributed by atoms with Gasteiger partial charge in [-0.3, -0.25) is 4.68 Å². The van der Waals surface area contributed by atoms with Crippen LogP contribution in [0.15, 0.2) is 17.8 Å². The molecule has 0 aliphatic carbocycles. The van der Waals surface area contributed by atoms with Crippen molar-refractivity contribution in [2.24, 2.45) is 5.73 Å². The number of hydrogen-bond donors (Lipinski definition) is 1. The smallest absolute Gasteiger partial charge is 0.110 e. The van der Waals surface area contributed by atoms with E-state index in [9.17, 15) is 0 Å². The molecule has 0 aliphatic heterocycles. The van der Waals surface area contributed by atoms with Crippen LogP contribution >= 0.6 is 11.3 Å². The normalized spacial score (nSPS) is 12.9. The third-order valence-electron chi connectivity index (χ3n) is 2.53. The van der Waals surface area contributed by atoms with Gasteiger partial charge in [-0.2, -0.15) is 5.10 Å². The summed E-state index contributed by atoms with van der Waals surface area (Å²) in [6.07, 6.45) is 4.78. The van der Waals surface area contributed by atoms with Gasteiger partial charge < -0.3 is 5.73 Å². The Balaban J connectivity index is 2.24. The van der Waals surface area contributed by atoms with E-state index in [4.69, 9.17) is 5.73 Å². The van der Waals surface area contributed by atoms with Gasteiger partial charge in [-0.05, 0) is 13.3 Å². The highest BCUT2D eigenvalue weighted by Gasteiger charge is 2.10. The monoisotopic (exact) mass is 236 g/mol. The Morgan fingerprint density at radius 3 is 2.94 bits per heavy atom. The Bertz CT molecular complexity index is 460. The van der Waals surface area contributed by atoms with Crippen molar-refractivity contribution in [1.29, 1.82) is 0 Å². The first-order valence-electron chi connectivity index (χ1n) is 5.48. The van der Waals surface area contributed by atoms with E-state index in [0.29, 0.717) is 0 Å². The maximum atomic E-state index is 5.94. The zero-order chi connectivity index (χ0) is 11.5. The SMILES string of the molecule is CCC(N)c1nc(-c2cnn(CC)c2)cs1. The van der Waals surface area contributed by atoms with Gasteiger partial charge in [0.25, 0.3) is 0 Å². The largest absolute Gasteiger partial charge is 0.322 e. The molecular formula is C11H16N4S. The molecule has 2 N–H and O–H groups in total. The molecule has 0 saturated heterocycles. The quantitative estimate of drug-likeness (QED) is 0.887. The van der Waals surface area contributed by atoms with Crippen molar-refractivity contribution >= 4 is 11.3 Å². The highest BCUT2D eigenvalue weighted by molar-refractivity contribution is 7.10. The minimum absolute atomic E-state index is 0.0555. The summed E-state index contributed by atoms with van der Waals surface area (Å²) in [4.78, 5) is 4.54. The molecule has 0 aliphatic rings. The number of aromatic nitrogens is 3. The van der Waals surface area contributed by atoms with Gasteiger partial charge in [-0.15, -0.1) is 11.3 Å². The molecule has 2 aromatic heterocycles. The molecule has 4 nitrogen and oxygen atoms in total. The standard InChI is InChI=1S/C11H16N4S/c1-3-9(12)11-14-10(7-16-11)8-5-13-15(4-2)6-8/h5-7,9H,3-4,12H2,1-2H3. The summed E-state index contributed by atoms with van der Waals surface area (Å²) < 4.78 is 1.90. The topological polar surface area (TPSA) is 56.7 Å². The predicted octanol–water partition coefficient (Wildman–Crippen LogP) is 2.44. The van der Waals surface area contributed by atoms with Crippen LogP contribution in [0.1, 0.15) is 31.3 Å². The van der Waals surface area contributed by atoms with Crippen LogP contribution in [0.3, 0.4) is 0 Å². The fraction of sp³-hybridized carbons (Fsp3) is 0.455. The molecule has 0 bridgehead atoms.